The van der Waals surface area contributed by atoms with Crippen LogP contribution in [-0.4, -0.2) is 21.9 Å². The molecule has 0 spiro atoms. The molecule has 2 aromatic carbocycles. The zero-order valence-electron chi connectivity index (χ0n) is 14.8. The minimum absolute atomic E-state index is 0.0334. The Bertz CT molecular complexity index is 1060. The zero-order chi connectivity index (χ0) is 20.3. The third-order valence-corrected chi connectivity index (χ3v) is 3.90. The number of aromatic nitrogens is 2. The van der Waals surface area contributed by atoms with E-state index in [1.807, 2.05) is 6.07 Å². The van der Waals surface area contributed by atoms with Crippen LogP contribution >= 0.6 is 0 Å². The number of nitrogens with zero attached hydrogens (tertiary/aromatic N) is 2. The van der Waals surface area contributed by atoms with Crippen LogP contribution in [0.1, 0.15) is 18.3 Å². The summed E-state index contributed by atoms with van der Waals surface area (Å²) < 4.78 is 42.1. The minimum atomic E-state index is -4.88. The van der Waals surface area contributed by atoms with Gasteiger partial charge in [0.1, 0.15) is 11.6 Å². The maximum Gasteiger partial charge on any atom is 0.573 e. The Hall–Kier alpha value is -3.36. The fraction of sp³-hybridized carbons (Fsp3) is 0.211. The van der Waals surface area contributed by atoms with Gasteiger partial charge in [-0.25, -0.2) is 9.66 Å². The lowest BCUT2D eigenvalue weighted by atomic mass is 10.1. The molecule has 0 aliphatic rings. The standard InChI is InChI=1S/C19H16F3N3O3/c1-2-16-23-15-9-8-13(28-19(20,21)22)11-14(15)18(27)25(16)24-17(26)10-12-6-4-3-5-7-12/h3-9,11H,2,10H2,1H3,(H,24,26). The molecule has 0 atom stereocenters. The average Bonchev–Trinajstić information content (AvgIpc) is 2.64. The summed E-state index contributed by atoms with van der Waals surface area (Å²) in [5, 5.41) is -0.0982. The number of aryl methyl sites for hydroxylation is 1. The number of alkyl halides is 3. The van der Waals surface area contributed by atoms with E-state index in [-0.39, 0.29) is 23.1 Å². The Kier molecular flexibility index (Phi) is 5.34. The molecular formula is C19H16F3N3O3. The van der Waals surface area contributed by atoms with E-state index >= 15 is 0 Å². The number of rotatable bonds is 5. The van der Waals surface area contributed by atoms with Crippen LogP contribution in [-0.2, 0) is 17.6 Å². The molecule has 1 N–H and O–H groups in total. The predicted octanol–water partition coefficient (Wildman–Crippen LogP) is 3.17. The van der Waals surface area contributed by atoms with Crippen LogP contribution in [0, 0.1) is 0 Å². The van der Waals surface area contributed by atoms with E-state index in [2.05, 4.69) is 15.1 Å². The number of hydrogen-bond acceptors (Lipinski definition) is 4. The van der Waals surface area contributed by atoms with Crippen LogP contribution in [0.15, 0.2) is 53.3 Å². The van der Waals surface area contributed by atoms with Crippen molar-refractivity contribution in [1.29, 1.82) is 0 Å². The molecule has 9 heteroatoms. The summed E-state index contributed by atoms with van der Waals surface area (Å²) in [5.74, 6) is -0.708. The van der Waals surface area contributed by atoms with E-state index in [0.29, 0.717) is 6.42 Å². The van der Waals surface area contributed by atoms with Gasteiger partial charge in [-0.3, -0.25) is 15.0 Å². The Morgan fingerprint density at radius 2 is 1.89 bits per heavy atom. The Morgan fingerprint density at radius 3 is 2.54 bits per heavy atom. The van der Waals surface area contributed by atoms with E-state index < -0.39 is 23.6 Å². The van der Waals surface area contributed by atoms with Gasteiger partial charge in [-0.15, -0.1) is 13.2 Å². The van der Waals surface area contributed by atoms with Gasteiger partial charge in [0.2, 0.25) is 5.91 Å². The Morgan fingerprint density at radius 1 is 1.18 bits per heavy atom. The molecule has 0 aliphatic heterocycles. The van der Waals surface area contributed by atoms with Gasteiger partial charge in [-0.2, -0.15) is 0 Å². The number of ether oxygens (including phenoxy) is 1. The molecule has 1 amide bonds. The van der Waals surface area contributed by atoms with Gasteiger partial charge in [0.05, 0.1) is 17.3 Å². The largest absolute Gasteiger partial charge is 0.573 e. The molecule has 0 saturated heterocycles. The van der Waals surface area contributed by atoms with Crippen molar-refractivity contribution in [1.82, 2.24) is 9.66 Å². The first-order valence-corrected chi connectivity index (χ1v) is 8.42. The van der Waals surface area contributed by atoms with Crippen molar-refractivity contribution in [2.24, 2.45) is 0 Å². The van der Waals surface area contributed by atoms with Gasteiger partial charge in [-0.05, 0) is 23.8 Å². The number of benzene rings is 2. The Balaban J connectivity index is 1.97. The van der Waals surface area contributed by atoms with Crippen molar-refractivity contribution in [2.75, 3.05) is 5.43 Å². The van der Waals surface area contributed by atoms with E-state index in [1.165, 1.54) is 6.07 Å². The highest BCUT2D eigenvalue weighted by atomic mass is 19.4. The van der Waals surface area contributed by atoms with Crippen molar-refractivity contribution in [3.05, 3.63) is 70.3 Å². The van der Waals surface area contributed by atoms with Gasteiger partial charge in [0.25, 0.3) is 5.56 Å². The summed E-state index contributed by atoms with van der Waals surface area (Å²) >= 11 is 0. The maximum absolute atomic E-state index is 12.8. The van der Waals surface area contributed by atoms with Crippen molar-refractivity contribution < 1.29 is 22.7 Å². The third-order valence-electron chi connectivity index (χ3n) is 3.90. The highest BCUT2D eigenvalue weighted by Gasteiger charge is 2.31. The first-order valence-electron chi connectivity index (χ1n) is 8.42. The summed E-state index contributed by atoms with van der Waals surface area (Å²) in [6, 6.07) is 12.2. The molecule has 6 nitrogen and oxygen atoms in total. The molecule has 0 fully saturated rings. The molecule has 146 valence electrons. The normalized spacial score (nSPS) is 11.4. The topological polar surface area (TPSA) is 73.2 Å². The van der Waals surface area contributed by atoms with Gasteiger partial charge >= 0.3 is 6.36 Å². The van der Waals surface area contributed by atoms with Crippen LogP contribution in [0.2, 0.25) is 0 Å². The van der Waals surface area contributed by atoms with Crippen LogP contribution in [0.5, 0.6) is 5.75 Å². The number of fused-ring (bicyclic) bond motifs is 1. The van der Waals surface area contributed by atoms with Gasteiger partial charge in [0, 0.05) is 6.42 Å². The number of carbonyl (C=O) groups excluding carboxylic acids is 1. The smallest absolute Gasteiger partial charge is 0.406 e. The summed E-state index contributed by atoms with van der Waals surface area (Å²) in [6.07, 6.45) is -4.52. The molecule has 3 aromatic rings. The van der Waals surface area contributed by atoms with Crippen molar-refractivity contribution in [3.8, 4) is 5.75 Å². The van der Waals surface area contributed by atoms with Gasteiger partial charge in [0.15, 0.2) is 0 Å². The molecule has 0 aliphatic carbocycles. The van der Waals surface area contributed by atoms with E-state index in [0.717, 1.165) is 22.4 Å². The number of carbonyl (C=O) groups is 1. The van der Waals surface area contributed by atoms with Crippen LogP contribution < -0.4 is 15.7 Å². The lowest BCUT2D eigenvalue weighted by Crippen LogP contribution is -2.37. The summed E-state index contributed by atoms with van der Waals surface area (Å²) in [5.41, 5.74) is 2.76. The Labute approximate surface area is 157 Å². The quantitative estimate of drug-likeness (QED) is 0.725. The van der Waals surface area contributed by atoms with Crippen molar-refractivity contribution >= 4 is 16.8 Å². The van der Waals surface area contributed by atoms with Crippen LogP contribution in [0.3, 0.4) is 0 Å². The minimum Gasteiger partial charge on any atom is -0.406 e. The monoisotopic (exact) mass is 391 g/mol. The van der Waals surface area contributed by atoms with E-state index in [1.54, 1.807) is 31.2 Å². The number of halogens is 3. The number of amides is 1. The molecule has 0 unspecified atom stereocenters. The average molecular weight is 391 g/mol. The summed E-state index contributed by atoms with van der Waals surface area (Å²) in [7, 11) is 0. The molecule has 0 radical (unpaired) electrons. The summed E-state index contributed by atoms with van der Waals surface area (Å²) in [4.78, 5) is 29.4. The fourth-order valence-electron chi connectivity index (χ4n) is 2.71. The number of nitrogens with one attached hydrogen (secondary N) is 1. The van der Waals surface area contributed by atoms with Crippen LogP contribution in [0.4, 0.5) is 13.2 Å². The molecule has 1 heterocycles. The van der Waals surface area contributed by atoms with Crippen LogP contribution in [0.25, 0.3) is 10.9 Å². The summed E-state index contributed by atoms with van der Waals surface area (Å²) in [6.45, 7) is 1.74. The fourth-order valence-corrected chi connectivity index (χ4v) is 2.71. The third kappa shape index (κ3) is 4.48. The molecular weight excluding hydrogens is 375 g/mol. The second-order valence-corrected chi connectivity index (χ2v) is 5.95. The van der Waals surface area contributed by atoms with Crippen molar-refractivity contribution in [2.45, 2.75) is 26.1 Å². The van der Waals surface area contributed by atoms with Gasteiger partial charge < -0.3 is 4.74 Å². The first kappa shape index (κ1) is 19.4. The second kappa shape index (κ2) is 7.71. The highest BCUT2D eigenvalue weighted by molar-refractivity contribution is 5.86. The predicted molar refractivity (Wildman–Crippen MR) is 96.6 cm³/mol. The highest BCUT2D eigenvalue weighted by Crippen LogP contribution is 2.24. The maximum atomic E-state index is 12.8. The number of hydrogen-bond donors (Lipinski definition) is 1. The van der Waals surface area contributed by atoms with Crippen molar-refractivity contribution in [3.63, 3.8) is 0 Å². The first-order chi connectivity index (χ1) is 13.3. The molecule has 3 rings (SSSR count). The molecule has 0 saturated carbocycles. The van der Waals surface area contributed by atoms with Gasteiger partial charge in [-0.1, -0.05) is 37.3 Å². The SMILES string of the molecule is CCc1nc2ccc(OC(F)(F)F)cc2c(=O)n1NC(=O)Cc1ccccc1. The molecule has 1 aromatic heterocycles. The lowest BCUT2D eigenvalue weighted by Gasteiger charge is -2.14. The van der Waals surface area contributed by atoms with E-state index in [4.69, 9.17) is 0 Å². The molecule has 0 bridgehead atoms. The van der Waals surface area contributed by atoms with E-state index in [9.17, 15) is 22.8 Å². The zero-order valence-corrected chi connectivity index (χ0v) is 14.8. The lowest BCUT2D eigenvalue weighted by molar-refractivity contribution is -0.274. The molecule has 28 heavy (non-hydrogen) atoms. The second-order valence-electron chi connectivity index (χ2n) is 5.95.